The van der Waals surface area contributed by atoms with Gasteiger partial charge in [0.25, 0.3) is 0 Å². The number of rotatable bonds is 4. The lowest BCUT2D eigenvalue weighted by molar-refractivity contribution is -0.137. The number of nitrogens with one attached hydrogen (secondary N) is 1. The summed E-state index contributed by atoms with van der Waals surface area (Å²) in [6, 6.07) is 2.84. The van der Waals surface area contributed by atoms with Gasteiger partial charge in [-0.15, -0.1) is 0 Å². The molecule has 0 aliphatic carbocycles. The molecule has 0 aliphatic heterocycles. The Morgan fingerprint density at radius 3 is 2.61 bits per heavy atom. The van der Waals surface area contributed by atoms with Gasteiger partial charge < -0.3 is 10.1 Å². The van der Waals surface area contributed by atoms with Crippen LogP contribution in [0.4, 0.5) is 18.9 Å². The molecule has 1 aromatic carbocycles. The number of halogens is 4. The summed E-state index contributed by atoms with van der Waals surface area (Å²) in [5.74, 6) is -0.535. The fourth-order valence-electron chi connectivity index (χ4n) is 1.22. The number of hydrogen-bond donors (Lipinski definition) is 1. The second-order valence-electron chi connectivity index (χ2n) is 3.41. The van der Waals surface area contributed by atoms with Gasteiger partial charge in [0, 0.05) is 17.3 Å². The van der Waals surface area contributed by atoms with Crippen LogP contribution in [0.25, 0.3) is 0 Å². The average Bonchev–Trinajstić information content (AvgIpc) is 2.24. The number of alkyl halides is 3. The van der Waals surface area contributed by atoms with Crippen molar-refractivity contribution in [3.05, 3.63) is 28.8 Å². The van der Waals surface area contributed by atoms with E-state index in [0.29, 0.717) is 6.61 Å². The standard InChI is InChI=1S/C11H11ClF3NO2/c1-2-18-6-10(17)16-9-4-7(11(13,14)15)3-8(12)5-9/h3-5H,2,6H2,1H3,(H,16,17). The SMILES string of the molecule is CCOCC(=O)Nc1cc(Cl)cc(C(F)(F)F)c1. The highest BCUT2D eigenvalue weighted by Crippen LogP contribution is 2.33. The van der Waals surface area contributed by atoms with Gasteiger partial charge >= 0.3 is 6.18 Å². The van der Waals surface area contributed by atoms with Crippen molar-refractivity contribution in [1.82, 2.24) is 0 Å². The molecule has 1 aromatic rings. The summed E-state index contributed by atoms with van der Waals surface area (Å²) in [6.07, 6.45) is -4.51. The van der Waals surface area contributed by atoms with Crippen LogP contribution in [-0.2, 0) is 15.7 Å². The van der Waals surface area contributed by atoms with E-state index >= 15 is 0 Å². The van der Waals surface area contributed by atoms with Gasteiger partial charge in [-0.2, -0.15) is 13.2 Å². The normalized spacial score (nSPS) is 11.4. The molecular formula is C11H11ClF3NO2. The van der Waals surface area contributed by atoms with Crippen molar-refractivity contribution in [3.8, 4) is 0 Å². The highest BCUT2D eigenvalue weighted by atomic mass is 35.5. The Morgan fingerprint density at radius 1 is 1.39 bits per heavy atom. The molecular weight excluding hydrogens is 271 g/mol. The quantitative estimate of drug-likeness (QED) is 0.919. The van der Waals surface area contributed by atoms with Crippen LogP contribution < -0.4 is 5.32 Å². The second-order valence-corrected chi connectivity index (χ2v) is 3.85. The third kappa shape index (κ3) is 4.54. The topological polar surface area (TPSA) is 38.3 Å². The number of benzene rings is 1. The zero-order chi connectivity index (χ0) is 13.8. The first-order valence-corrected chi connectivity index (χ1v) is 5.46. The summed E-state index contributed by atoms with van der Waals surface area (Å²) < 4.78 is 42.3. The Balaban J connectivity index is 2.84. The fraction of sp³-hybridized carbons (Fsp3) is 0.364. The van der Waals surface area contributed by atoms with Crippen molar-refractivity contribution >= 4 is 23.2 Å². The molecule has 0 unspecified atom stereocenters. The highest BCUT2D eigenvalue weighted by molar-refractivity contribution is 6.31. The van der Waals surface area contributed by atoms with E-state index in [0.717, 1.165) is 12.1 Å². The fourth-order valence-corrected chi connectivity index (χ4v) is 1.45. The average molecular weight is 282 g/mol. The molecule has 0 heterocycles. The largest absolute Gasteiger partial charge is 0.416 e. The third-order valence-corrected chi connectivity index (χ3v) is 2.16. The summed E-state index contributed by atoms with van der Waals surface area (Å²) in [5.41, 5.74) is -0.929. The molecule has 18 heavy (non-hydrogen) atoms. The van der Waals surface area contributed by atoms with E-state index in [9.17, 15) is 18.0 Å². The van der Waals surface area contributed by atoms with Gasteiger partial charge in [-0.1, -0.05) is 11.6 Å². The lowest BCUT2D eigenvalue weighted by Crippen LogP contribution is -2.18. The Morgan fingerprint density at radius 2 is 2.06 bits per heavy atom. The maximum absolute atomic E-state index is 12.5. The van der Waals surface area contributed by atoms with Gasteiger partial charge in [-0.25, -0.2) is 0 Å². The zero-order valence-electron chi connectivity index (χ0n) is 9.47. The Hall–Kier alpha value is -1.27. The molecule has 100 valence electrons. The molecule has 1 amide bonds. The maximum Gasteiger partial charge on any atom is 0.416 e. The molecule has 7 heteroatoms. The van der Waals surface area contributed by atoms with Gasteiger partial charge in [-0.05, 0) is 25.1 Å². The predicted molar refractivity (Wildman–Crippen MR) is 61.6 cm³/mol. The first-order valence-electron chi connectivity index (χ1n) is 5.08. The van der Waals surface area contributed by atoms with Crippen molar-refractivity contribution in [1.29, 1.82) is 0 Å². The molecule has 0 spiro atoms. The molecule has 0 radical (unpaired) electrons. The third-order valence-electron chi connectivity index (χ3n) is 1.95. The van der Waals surface area contributed by atoms with Crippen molar-refractivity contribution in [2.24, 2.45) is 0 Å². The first-order chi connectivity index (χ1) is 8.32. The molecule has 0 aliphatic rings. The molecule has 0 saturated carbocycles. The predicted octanol–water partition coefficient (Wildman–Crippen LogP) is 3.33. The summed E-state index contributed by atoms with van der Waals surface area (Å²) in [6.45, 7) is 1.83. The molecule has 0 atom stereocenters. The van der Waals surface area contributed by atoms with Crippen LogP contribution in [-0.4, -0.2) is 19.1 Å². The van der Waals surface area contributed by atoms with Crippen molar-refractivity contribution in [3.63, 3.8) is 0 Å². The Labute approximate surface area is 107 Å². The number of amides is 1. The van der Waals surface area contributed by atoms with Crippen LogP contribution in [0.5, 0.6) is 0 Å². The van der Waals surface area contributed by atoms with E-state index in [-0.39, 0.29) is 17.3 Å². The summed E-state index contributed by atoms with van der Waals surface area (Å²) >= 11 is 5.56. The molecule has 3 nitrogen and oxygen atoms in total. The minimum atomic E-state index is -4.51. The van der Waals surface area contributed by atoms with Crippen LogP contribution in [0.1, 0.15) is 12.5 Å². The van der Waals surface area contributed by atoms with E-state index < -0.39 is 17.6 Å². The van der Waals surface area contributed by atoms with Crippen LogP contribution in [0.15, 0.2) is 18.2 Å². The Bertz CT molecular complexity index is 435. The van der Waals surface area contributed by atoms with Gasteiger partial charge in [0.15, 0.2) is 0 Å². The van der Waals surface area contributed by atoms with Crippen LogP contribution in [0, 0.1) is 0 Å². The van der Waals surface area contributed by atoms with Crippen molar-refractivity contribution in [2.45, 2.75) is 13.1 Å². The number of anilines is 1. The monoisotopic (exact) mass is 281 g/mol. The lowest BCUT2D eigenvalue weighted by Gasteiger charge is -2.11. The molecule has 0 fully saturated rings. The van der Waals surface area contributed by atoms with Gasteiger partial charge in [0.05, 0.1) is 5.56 Å². The van der Waals surface area contributed by atoms with Gasteiger partial charge in [-0.3, -0.25) is 4.79 Å². The molecule has 0 aromatic heterocycles. The molecule has 0 saturated heterocycles. The van der Waals surface area contributed by atoms with Crippen LogP contribution in [0.2, 0.25) is 5.02 Å². The van der Waals surface area contributed by atoms with Crippen LogP contribution in [0.3, 0.4) is 0 Å². The van der Waals surface area contributed by atoms with E-state index in [1.165, 1.54) is 6.07 Å². The molecule has 1 N–H and O–H groups in total. The number of carbonyl (C=O) groups is 1. The minimum absolute atomic E-state index is 0.0143. The smallest absolute Gasteiger partial charge is 0.372 e. The number of ether oxygens (including phenoxy) is 1. The first kappa shape index (κ1) is 14.8. The lowest BCUT2D eigenvalue weighted by atomic mass is 10.2. The van der Waals surface area contributed by atoms with Crippen LogP contribution >= 0.6 is 11.6 Å². The minimum Gasteiger partial charge on any atom is -0.372 e. The summed E-state index contributed by atoms with van der Waals surface area (Å²) in [5, 5.41) is 2.18. The maximum atomic E-state index is 12.5. The summed E-state index contributed by atoms with van der Waals surface area (Å²) in [7, 11) is 0. The number of carbonyl (C=O) groups excluding carboxylic acids is 1. The Kier molecular flexibility index (Phi) is 4.98. The summed E-state index contributed by atoms with van der Waals surface area (Å²) in [4.78, 5) is 11.3. The molecule has 1 rings (SSSR count). The van der Waals surface area contributed by atoms with E-state index in [4.69, 9.17) is 16.3 Å². The number of hydrogen-bond acceptors (Lipinski definition) is 2. The van der Waals surface area contributed by atoms with E-state index in [1.807, 2.05) is 0 Å². The zero-order valence-corrected chi connectivity index (χ0v) is 10.2. The second kappa shape index (κ2) is 6.06. The molecule has 0 bridgehead atoms. The van der Waals surface area contributed by atoms with Crippen molar-refractivity contribution in [2.75, 3.05) is 18.5 Å². The highest BCUT2D eigenvalue weighted by Gasteiger charge is 2.31. The van der Waals surface area contributed by atoms with E-state index in [1.54, 1.807) is 6.92 Å². The van der Waals surface area contributed by atoms with Gasteiger partial charge in [0.2, 0.25) is 5.91 Å². The van der Waals surface area contributed by atoms with Gasteiger partial charge in [0.1, 0.15) is 6.61 Å². The van der Waals surface area contributed by atoms with E-state index in [2.05, 4.69) is 5.32 Å². The van der Waals surface area contributed by atoms with Crippen molar-refractivity contribution < 1.29 is 22.7 Å².